The van der Waals surface area contributed by atoms with E-state index in [1.165, 1.54) is 5.69 Å². The van der Waals surface area contributed by atoms with E-state index >= 15 is 0 Å². The first-order valence-electron chi connectivity index (χ1n) is 8.12. The van der Waals surface area contributed by atoms with Crippen molar-refractivity contribution >= 4 is 35.7 Å². The molecule has 1 aliphatic heterocycles. The smallest absolute Gasteiger partial charge is 0.258 e. The molecular weight excluding hydrogens is 375 g/mol. The largest absolute Gasteiger partial charge is 0.309 e. The number of aromatic nitrogens is 4. The molecule has 2 N–H and O–H groups in total. The summed E-state index contributed by atoms with van der Waals surface area (Å²) in [5.74, 6) is 0.673. The highest BCUT2D eigenvalue weighted by atomic mass is 35.5. The maximum absolute atomic E-state index is 12.1. The third kappa shape index (κ3) is 4.24. The van der Waals surface area contributed by atoms with Crippen molar-refractivity contribution in [2.45, 2.75) is 26.2 Å². The highest BCUT2D eigenvalue weighted by molar-refractivity contribution is 5.85. The average molecular weight is 397 g/mol. The third-order valence-corrected chi connectivity index (χ3v) is 4.23. The quantitative estimate of drug-likeness (QED) is 0.701. The zero-order valence-electron chi connectivity index (χ0n) is 14.4. The molecule has 0 fully saturated rings. The molecule has 1 aromatic carbocycles. The van der Waals surface area contributed by atoms with Gasteiger partial charge in [0, 0.05) is 19.6 Å². The number of halogens is 2. The van der Waals surface area contributed by atoms with Gasteiger partial charge in [0.25, 0.3) is 5.56 Å². The predicted octanol–water partition coefficient (Wildman–Crippen LogP) is 1.70. The fourth-order valence-electron chi connectivity index (χ4n) is 3.13. The lowest BCUT2D eigenvalue weighted by Crippen LogP contribution is -2.28. The van der Waals surface area contributed by atoms with Crippen molar-refractivity contribution in [2.24, 2.45) is 0 Å². The van der Waals surface area contributed by atoms with Crippen LogP contribution in [0.25, 0.3) is 10.9 Å². The molecule has 3 aromatic rings. The third-order valence-electron chi connectivity index (χ3n) is 4.23. The van der Waals surface area contributed by atoms with Gasteiger partial charge in [-0.3, -0.25) is 14.4 Å². The molecule has 0 unspecified atom stereocenters. The first-order valence-corrected chi connectivity index (χ1v) is 8.12. The molecule has 0 bridgehead atoms. The van der Waals surface area contributed by atoms with Crippen molar-refractivity contribution in [3.63, 3.8) is 0 Å². The molecule has 2 aromatic heterocycles. The van der Waals surface area contributed by atoms with Crippen molar-refractivity contribution in [3.8, 4) is 0 Å². The molecule has 0 aliphatic carbocycles. The zero-order chi connectivity index (χ0) is 16.5. The van der Waals surface area contributed by atoms with Crippen LogP contribution in [0.15, 0.2) is 35.1 Å². The molecule has 0 atom stereocenters. The van der Waals surface area contributed by atoms with Crippen LogP contribution in [-0.2, 0) is 26.2 Å². The Morgan fingerprint density at radius 3 is 2.85 bits per heavy atom. The van der Waals surface area contributed by atoms with Gasteiger partial charge >= 0.3 is 0 Å². The van der Waals surface area contributed by atoms with Crippen LogP contribution in [0, 0.1) is 0 Å². The van der Waals surface area contributed by atoms with E-state index in [0.717, 1.165) is 37.4 Å². The summed E-state index contributed by atoms with van der Waals surface area (Å²) in [5, 5.41) is 8.61. The van der Waals surface area contributed by atoms with Gasteiger partial charge in [0.1, 0.15) is 5.82 Å². The molecular formula is C17H22Cl2N6O. The van der Waals surface area contributed by atoms with Crippen LogP contribution in [0.1, 0.15) is 17.2 Å². The van der Waals surface area contributed by atoms with Crippen LogP contribution >= 0.6 is 24.8 Å². The lowest BCUT2D eigenvalue weighted by atomic mass is 10.2. The van der Waals surface area contributed by atoms with Gasteiger partial charge in [-0.1, -0.05) is 12.1 Å². The summed E-state index contributed by atoms with van der Waals surface area (Å²) in [6.45, 7) is 4.04. The van der Waals surface area contributed by atoms with Gasteiger partial charge < -0.3 is 10.3 Å². The highest BCUT2D eigenvalue weighted by Crippen LogP contribution is 2.11. The molecule has 4 rings (SSSR count). The maximum Gasteiger partial charge on any atom is 0.258 e. The van der Waals surface area contributed by atoms with Crippen LogP contribution in [0.3, 0.4) is 0 Å². The van der Waals surface area contributed by atoms with Crippen LogP contribution in [0.4, 0.5) is 0 Å². The second kappa shape index (κ2) is 8.64. The van der Waals surface area contributed by atoms with Crippen LogP contribution in [0.2, 0.25) is 0 Å². The Bertz CT molecular complexity index is 915. The van der Waals surface area contributed by atoms with E-state index < -0.39 is 0 Å². The summed E-state index contributed by atoms with van der Waals surface area (Å²) in [5.41, 5.74) is 2.90. The molecule has 9 heteroatoms. The number of benzene rings is 1. The molecule has 0 radical (unpaired) electrons. The topological polar surface area (TPSA) is 78.8 Å². The summed E-state index contributed by atoms with van der Waals surface area (Å²) < 4.78 is 2.07. The van der Waals surface area contributed by atoms with Gasteiger partial charge in [-0.2, -0.15) is 5.10 Å². The van der Waals surface area contributed by atoms with E-state index in [4.69, 9.17) is 0 Å². The minimum Gasteiger partial charge on any atom is -0.309 e. The fraction of sp³-hybridized carbons (Fsp3) is 0.353. The molecule has 140 valence electrons. The number of para-hydroxylation sites is 1. The van der Waals surface area contributed by atoms with Crippen LogP contribution < -0.4 is 10.9 Å². The second-order valence-electron chi connectivity index (χ2n) is 6.23. The summed E-state index contributed by atoms with van der Waals surface area (Å²) in [7, 11) is 2.01. The number of aromatic amines is 1. The van der Waals surface area contributed by atoms with Gasteiger partial charge in [-0.25, -0.2) is 4.98 Å². The van der Waals surface area contributed by atoms with Crippen molar-refractivity contribution in [3.05, 3.63) is 57.9 Å². The normalized spacial score (nSPS) is 13.2. The van der Waals surface area contributed by atoms with Crippen molar-refractivity contribution in [2.75, 3.05) is 13.6 Å². The predicted molar refractivity (Wildman–Crippen MR) is 106 cm³/mol. The highest BCUT2D eigenvalue weighted by Gasteiger charge is 2.13. The van der Waals surface area contributed by atoms with Gasteiger partial charge in [-0.15, -0.1) is 24.8 Å². The van der Waals surface area contributed by atoms with Crippen molar-refractivity contribution in [1.82, 2.24) is 30.0 Å². The van der Waals surface area contributed by atoms with Crippen LogP contribution in [0.5, 0.6) is 0 Å². The van der Waals surface area contributed by atoms with E-state index in [1.807, 2.05) is 25.2 Å². The molecule has 0 saturated heterocycles. The van der Waals surface area contributed by atoms with E-state index in [-0.39, 0.29) is 30.4 Å². The number of hydrogen-bond donors (Lipinski definition) is 2. The lowest BCUT2D eigenvalue weighted by Gasteiger charge is -2.15. The Balaban J connectivity index is 0.00000121. The molecule has 26 heavy (non-hydrogen) atoms. The summed E-state index contributed by atoms with van der Waals surface area (Å²) >= 11 is 0. The SMILES string of the molecule is CN(Cc1cc2n(n1)CCNC2)Cc1nc2ccccc2c(=O)[nH]1.Cl.Cl. The Morgan fingerprint density at radius 1 is 1.23 bits per heavy atom. The molecule has 0 amide bonds. The van der Waals surface area contributed by atoms with E-state index in [2.05, 4.69) is 36.0 Å². The molecule has 1 aliphatic rings. The first kappa shape index (κ1) is 20.4. The Morgan fingerprint density at radius 2 is 2.04 bits per heavy atom. The van der Waals surface area contributed by atoms with E-state index in [9.17, 15) is 4.79 Å². The van der Waals surface area contributed by atoms with Crippen molar-refractivity contribution in [1.29, 1.82) is 0 Å². The minimum atomic E-state index is -0.0902. The monoisotopic (exact) mass is 396 g/mol. The molecule has 0 spiro atoms. The number of rotatable bonds is 4. The number of nitrogens with one attached hydrogen (secondary N) is 2. The van der Waals surface area contributed by atoms with Gasteiger partial charge in [0.15, 0.2) is 0 Å². The number of fused-ring (bicyclic) bond motifs is 2. The van der Waals surface area contributed by atoms with Crippen molar-refractivity contribution < 1.29 is 0 Å². The first-order chi connectivity index (χ1) is 11.7. The standard InChI is InChI=1S/C17H20N6O.2ClH/c1-22(10-12-8-13-9-18-6-7-23(13)21-12)11-16-19-15-5-3-2-4-14(15)17(24)20-16;;/h2-5,8,18H,6-7,9-11H2,1H3,(H,19,20,24);2*1H. The Kier molecular flexibility index (Phi) is 6.77. The minimum absolute atomic E-state index is 0. The Hall–Kier alpha value is -1.93. The summed E-state index contributed by atoms with van der Waals surface area (Å²) in [6.07, 6.45) is 0. The fourth-order valence-corrected chi connectivity index (χ4v) is 3.13. The Labute approximate surface area is 163 Å². The summed E-state index contributed by atoms with van der Waals surface area (Å²) in [4.78, 5) is 21.7. The van der Waals surface area contributed by atoms with Gasteiger partial charge in [0.05, 0.1) is 35.4 Å². The van der Waals surface area contributed by atoms with E-state index in [0.29, 0.717) is 17.8 Å². The summed E-state index contributed by atoms with van der Waals surface area (Å²) in [6, 6.07) is 9.54. The van der Waals surface area contributed by atoms with Gasteiger partial charge in [-0.05, 0) is 25.2 Å². The average Bonchev–Trinajstić information content (AvgIpc) is 2.96. The molecule has 3 heterocycles. The molecule has 0 saturated carbocycles. The zero-order valence-corrected chi connectivity index (χ0v) is 16.1. The number of H-pyrrole nitrogens is 1. The lowest BCUT2D eigenvalue weighted by molar-refractivity contribution is 0.305. The second-order valence-corrected chi connectivity index (χ2v) is 6.23. The van der Waals surface area contributed by atoms with E-state index in [1.54, 1.807) is 6.07 Å². The number of hydrogen-bond acceptors (Lipinski definition) is 5. The maximum atomic E-state index is 12.1. The number of nitrogens with zero attached hydrogens (tertiary/aromatic N) is 4. The van der Waals surface area contributed by atoms with Gasteiger partial charge in [0.2, 0.25) is 0 Å². The molecule has 7 nitrogen and oxygen atoms in total. The van der Waals surface area contributed by atoms with Crippen LogP contribution in [-0.4, -0.2) is 38.2 Å².